The van der Waals surface area contributed by atoms with Gasteiger partial charge in [0.25, 0.3) is 0 Å². The first-order valence-electron chi connectivity index (χ1n) is 6.44. The Hall–Kier alpha value is -1.09. The van der Waals surface area contributed by atoms with Gasteiger partial charge in [0, 0.05) is 43.6 Å². The van der Waals surface area contributed by atoms with Gasteiger partial charge in [0.2, 0.25) is 0 Å². The molecule has 0 saturated carbocycles. The van der Waals surface area contributed by atoms with Gasteiger partial charge in [0.05, 0.1) is 0 Å². The lowest BCUT2D eigenvalue weighted by Gasteiger charge is -2.22. The quantitative estimate of drug-likeness (QED) is 0.751. The number of hydrogen-bond acceptors (Lipinski definition) is 2. The van der Waals surface area contributed by atoms with Gasteiger partial charge in [-0.15, -0.1) is 0 Å². The van der Waals surface area contributed by atoms with Crippen LogP contribution in [0.25, 0.3) is 0 Å². The van der Waals surface area contributed by atoms with Crippen molar-refractivity contribution in [1.82, 2.24) is 4.57 Å². The van der Waals surface area contributed by atoms with E-state index in [9.17, 15) is 4.79 Å². The lowest BCUT2D eigenvalue weighted by Crippen LogP contribution is -2.19. The summed E-state index contributed by atoms with van der Waals surface area (Å²) < 4.78 is 7.49. The second kappa shape index (κ2) is 5.50. The van der Waals surface area contributed by atoms with Crippen LogP contribution in [0.15, 0.2) is 18.5 Å². The summed E-state index contributed by atoms with van der Waals surface area (Å²) >= 11 is 0. The molecule has 0 bridgehead atoms. The van der Waals surface area contributed by atoms with E-state index in [0.717, 1.165) is 38.2 Å². The third-order valence-electron chi connectivity index (χ3n) is 3.37. The van der Waals surface area contributed by atoms with Gasteiger partial charge in [0.15, 0.2) is 5.78 Å². The van der Waals surface area contributed by atoms with Crippen LogP contribution >= 0.6 is 0 Å². The molecule has 0 unspecified atom stereocenters. The van der Waals surface area contributed by atoms with Crippen LogP contribution in [0.5, 0.6) is 0 Å². The molecule has 2 rings (SSSR count). The molecule has 0 aromatic carbocycles. The number of nitrogens with zero attached hydrogens (tertiary/aromatic N) is 1. The highest BCUT2D eigenvalue weighted by Gasteiger charge is 2.16. The Morgan fingerprint density at radius 2 is 2.18 bits per heavy atom. The first-order chi connectivity index (χ1) is 8.16. The van der Waals surface area contributed by atoms with Crippen molar-refractivity contribution < 1.29 is 9.53 Å². The minimum atomic E-state index is 0.0777. The molecule has 0 N–H and O–H groups in total. The number of ketones is 1. The molecular weight excluding hydrogens is 214 g/mol. The zero-order chi connectivity index (χ0) is 12.3. The van der Waals surface area contributed by atoms with Gasteiger partial charge in [-0.05, 0) is 24.8 Å². The van der Waals surface area contributed by atoms with Gasteiger partial charge in [-0.25, -0.2) is 0 Å². The molecule has 0 amide bonds. The molecule has 0 spiro atoms. The van der Waals surface area contributed by atoms with Gasteiger partial charge >= 0.3 is 0 Å². The second-order valence-electron chi connectivity index (χ2n) is 5.17. The summed E-state index contributed by atoms with van der Waals surface area (Å²) in [5.41, 5.74) is 0.840. The van der Waals surface area contributed by atoms with Crippen LogP contribution in [0.2, 0.25) is 0 Å². The Kier molecular flexibility index (Phi) is 4.00. The monoisotopic (exact) mass is 235 g/mol. The fourth-order valence-corrected chi connectivity index (χ4v) is 2.26. The van der Waals surface area contributed by atoms with Gasteiger partial charge in [-0.1, -0.05) is 13.8 Å². The fourth-order valence-electron chi connectivity index (χ4n) is 2.26. The standard InChI is InChI=1S/C14H21NO2/c1-11(2)14(16)13-3-6-15(10-13)9-12-4-7-17-8-5-12/h3,6,10-12H,4-5,7-9H2,1-2H3. The van der Waals surface area contributed by atoms with E-state index in [2.05, 4.69) is 4.57 Å². The third kappa shape index (κ3) is 3.19. The number of Topliss-reactive ketones (excluding diaryl/α,β-unsaturated/α-hetero) is 1. The van der Waals surface area contributed by atoms with Crippen LogP contribution in [0.1, 0.15) is 37.0 Å². The van der Waals surface area contributed by atoms with E-state index in [0.29, 0.717) is 5.92 Å². The van der Waals surface area contributed by atoms with Crippen molar-refractivity contribution in [1.29, 1.82) is 0 Å². The van der Waals surface area contributed by atoms with E-state index in [4.69, 9.17) is 4.74 Å². The summed E-state index contributed by atoms with van der Waals surface area (Å²) in [6.45, 7) is 6.65. The summed E-state index contributed by atoms with van der Waals surface area (Å²) in [6, 6.07) is 1.93. The largest absolute Gasteiger partial charge is 0.381 e. The van der Waals surface area contributed by atoms with Crippen molar-refractivity contribution in [3.8, 4) is 0 Å². The maximum absolute atomic E-state index is 11.8. The topological polar surface area (TPSA) is 31.2 Å². The number of aromatic nitrogens is 1. The molecule has 0 atom stereocenters. The third-order valence-corrected chi connectivity index (χ3v) is 3.37. The van der Waals surface area contributed by atoms with Crippen molar-refractivity contribution in [3.63, 3.8) is 0 Å². The number of carbonyl (C=O) groups is 1. The van der Waals surface area contributed by atoms with Crippen LogP contribution in [0, 0.1) is 11.8 Å². The van der Waals surface area contributed by atoms with E-state index >= 15 is 0 Å². The minimum Gasteiger partial charge on any atom is -0.381 e. The highest BCUT2D eigenvalue weighted by Crippen LogP contribution is 2.18. The van der Waals surface area contributed by atoms with Crippen molar-refractivity contribution in [2.75, 3.05) is 13.2 Å². The molecule has 1 aliphatic heterocycles. The van der Waals surface area contributed by atoms with Crippen molar-refractivity contribution >= 4 is 5.78 Å². The van der Waals surface area contributed by atoms with E-state index < -0.39 is 0 Å². The number of rotatable bonds is 4. The first-order valence-corrected chi connectivity index (χ1v) is 6.44. The first kappa shape index (κ1) is 12.4. The molecule has 3 heteroatoms. The number of hydrogen-bond donors (Lipinski definition) is 0. The zero-order valence-corrected chi connectivity index (χ0v) is 10.7. The fraction of sp³-hybridized carbons (Fsp3) is 0.643. The number of ether oxygens (including phenoxy) is 1. The molecule has 1 aliphatic rings. The predicted molar refractivity (Wildman–Crippen MR) is 67.1 cm³/mol. The smallest absolute Gasteiger partial charge is 0.166 e. The molecule has 94 valence electrons. The molecule has 1 aromatic rings. The van der Waals surface area contributed by atoms with Crippen LogP contribution < -0.4 is 0 Å². The van der Waals surface area contributed by atoms with E-state index in [1.54, 1.807) is 0 Å². The van der Waals surface area contributed by atoms with Gasteiger partial charge < -0.3 is 9.30 Å². The Morgan fingerprint density at radius 3 is 2.82 bits per heavy atom. The maximum atomic E-state index is 11.8. The van der Waals surface area contributed by atoms with Crippen molar-refractivity contribution in [2.45, 2.75) is 33.2 Å². The summed E-state index contributed by atoms with van der Waals surface area (Å²) in [4.78, 5) is 11.8. The lowest BCUT2D eigenvalue weighted by atomic mass is 10.0. The van der Waals surface area contributed by atoms with Crippen LogP contribution in [0.3, 0.4) is 0 Å². The predicted octanol–water partition coefficient (Wildman–Crippen LogP) is 2.75. The molecule has 0 aliphatic carbocycles. The highest BCUT2D eigenvalue weighted by atomic mass is 16.5. The van der Waals surface area contributed by atoms with Gasteiger partial charge in [0.1, 0.15) is 0 Å². The normalized spacial score (nSPS) is 17.6. The highest BCUT2D eigenvalue weighted by molar-refractivity contribution is 5.97. The molecular formula is C14H21NO2. The maximum Gasteiger partial charge on any atom is 0.166 e. The molecule has 2 heterocycles. The average molecular weight is 235 g/mol. The van der Waals surface area contributed by atoms with E-state index in [-0.39, 0.29) is 11.7 Å². The molecule has 17 heavy (non-hydrogen) atoms. The molecule has 1 saturated heterocycles. The van der Waals surface area contributed by atoms with Crippen LogP contribution in [0.4, 0.5) is 0 Å². The van der Waals surface area contributed by atoms with Crippen molar-refractivity contribution in [3.05, 3.63) is 24.0 Å². The van der Waals surface area contributed by atoms with Crippen LogP contribution in [-0.2, 0) is 11.3 Å². The zero-order valence-electron chi connectivity index (χ0n) is 10.7. The molecule has 1 aromatic heterocycles. The Labute approximate surface area is 103 Å². The molecule has 3 nitrogen and oxygen atoms in total. The number of carbonyl (C=O) groups excluding carboxylic acids is 1. The summed E-state index contributed by atoms with van der Waals surface area (Å²) in [5, 5.41) is 0. The Balaban J connectivity index is 1.95. The Bertz CT molecular complexity index is 375. The molecule has 0 radical (unpaired) electrons. The Morgan fingerprint density at radius 1 is 1.47 bits per heavy atom. The summed E-state index contributed by atoms with van der Waals surface area (Å²) in [6.07, 6.45) is 6.26. The van der Waals surface area contributed by atoms with E-state index in [1.807, 2.05) is 32.3 Å². The minimum absolute atomic E-state index is 0.0777. The molecule has 1 fully saturated rings. The summed E-state index contributed by atoms with van der Waals surface area (Å²) in [5.74, 6) is 1.00. The van der Waals surface area contributed by atoms with Crippen LogP contribution in [-0.4, -0.2) is 23.6 Å². The SMILES string of the molecule is CC(C)C(=O)c1ccn(CC2CCOCC2)c1. The van der Waals surface area contributed by atoms with E-state index in [1.165, 1.54) is 0 Å². The van der Waals surface area contributed by atoms with Crippen molar-refractivity contribution in [2.24, 2.45) is 11.8 Å². The van der Waals surface area contributed by atoms with Gasteiger partial charge in [-0.2, -0.15) is 0 Å². The second-order valence-corrected chi connectivity index (χ2v) is 5.17. The summed E-state index contributed by atoms with van der Waals surface area (Å²) in [7, 11) is 0. The lowest BCUT2D eigenvalue weighted by molar-refractivity contribution is 0.0612. The van der Waals surface area contributed by atoms with Gasteiger partial charge in [-0.3, -0.25) is 4.79 Å². The average Bonchev–Trinajstić information content (AvgIpc) is 2.77.